The van der Waals surface area contributed by atoms with Crippen LogP contribution in [0, 0.1) is 11.6 Å². The Morgan fingerprint density at radius 1 is 0.722 bits per heavy atom. The Morgan fingerprint density at radius 2 is 1.19 bits per heavy atom. The van der Waals surface area contributed by atoms with Crippen LogP contribution in [0.15, 0.2) is 67.0 Å². The summed E-state index contributed by atoms with van der Waals surface area (Å²) in [4.78, 5) is 34.2. The van der Waals surface area contributed by atoms with Gasteiger partial charge in [-0.05, 0) is 86.3 Å². The van der Waals surface area contributed by atoms with E-state index in [4.69, 9.17) is 23.1 Å². The Hall–Kier alpha value is -4.73. The number of anilines is 2. The van der Waals surface area contributed by atoms with Gasteiger partial charge in [0.1, 0.15) is 23.3 Å². The molecular formula is C39H41ClF2N8O2S2. The number of carbonyl (C=O) groups is 2. The van der Waals surface area contributed by atoms with Crippen LogP contribution >= 0.6 is 34.3 Å². The molecule has 54 heavy (non-hydrogen) atoms. The number of piperidine rings is 2. The maximum atomic E-state index is 13.6. The van der Waals surface area contributed by atoms with Gasteiger partial charge in [-0.2, -0.15) is 0 Å². The SMILES string of the molecule is C.NC(=O)c1cnc(N[C@H]2CCCNC2)c2cc(-c3cc(F)cc(F)c3)sc12.NC(=O)c1cnc(N[C@H]2CCCNC2)c2cc(-c3ccc(Cl)cc3)sc12. The summed E-state index contributed by atoms with van der Waals surface area (Å²) in [6.07, 6.45) is 7.35. The van der Waals surface area contributed by atoms with E-state index in [1.807, 2.05) is 24.3 Å². The van der Waals surface area contributed by atoms with E-state index in [1.54, 1.807) is 23.6 Å². The standard InChI is InChI=1S/C19H19ClN4OS.C19H18F2N4OS.CH4/c20-12-5-3-11(4-6-12)16-8-14-17(26-16)15(18(21)25)10-23-19(14)24-13-2-1-7-22-9-13;20-11-4-10(5-12(21)6-11)16-7-14-17(27-16)15(18(22)26)9-24-19(14)25-13-2-1-3-23-8-13;/h3-6,8,10,13,22H,1-2,7,9H2,(H2,21,25)(H,23,24);4-7,9,13,23H,1-3,8H2,(H2,22,26)(H,24,25);1H4/t2*13-;/m00./s1. The van der Waals surface area contributed by atoms with Crippen LogP contribution < -0.4 is 32.7 Å². The smallest absolute Gasteiger partial charge is 0.251 e. The van der Waals surface area contributed by atoms with Crippen LogP contribution in [0.2, 0.25) is 5.02 Å². The maximum absolute atomic E-state index is 13.6. The second-order valence-corrected chi connectivity index (χ2v) is 15.6. The average Bonchev–Trinajstić information content (AvgIpc) is 3.80. The first-order valence-electron chi connectivity index (χ1n) is 17.2. The lowest BCUT2D eigenvalue weighted by Crippen LogP contribution is -2.38. The number of nitrogens with zero attached hydrogens (tertiary/aromatic N) is 2. The lowest BCUT2D eigenvalue weighted by atomic mass is 10.1. The van der Waals surface area contributed by atoms with E-state index in [-0.39, 0.29) is 13.5 Å². The van der Waals surface area contributed by atoms with E-state index < -0.39 is 23.4 Å². The molecule has 0 unspecified atom stereocenters. The molecule has 0 radical (unpaired) electrons. The summed E-state index contributed by atoms with van der Waals surface area (Å²) in [5.41, 5.74) is 13.3. The van der Waals surface area contributed by atoms with Crippen molar-refractivity contribution in [2.45, 2.75) is 45.2 Å². The Kier molecular flexibility index (Phi) is 12.4. The molecule has 15 heteroatoms. The minimum atomic E-state index is -0.651. The van der Waals surface area contributed by atoms with Gasteiger partial charge in [-0.25, -0.2) is 18.7 Å². The number of pyridine rings is 2. The topological polar surface area (TPSA) is 160 Å². The largest absolute Gasteiger partial charge is 0.366 e. The first-order valence-corrected chi connectivity index (χ1v) is 19.3. The molecule has 8 rings (SSSR count). The van der Waals surface area contributed by atoms with Crippen molar-refractivity contribution >= 4 is 77.9 Å². The number of fused-ring (bicyclic) bond motifs is 2. The molecule has 6 heterocycles. The van der Waals surface area contributed by atoms with Crippen LogP contribution in [0.5, 0.6) is 0 Å². The average molecular weight is 791 g/mol. The maximum Gasteiger partial charge on any atom is 0.251 e. The monoisotopic (exact) mass is 790 g/mol. The van der Waals surface area contributed by atoms with Crippen molar-refractivity contribution in [3.8, 4) is 20.9 Å². The van der Waals surface area contributed by atoms with Gasteiger partial charge in [0.05, 0.1) is 20.5 Å². The van der Waals surface area contributed by atoms with Gasteiger partial charge in [-0.15, -0.1) is 22.7 Å². The summed E-state index contributed by atoms with van der Waals surface area (Å²) in [6.45, 7) is 3.79. The van der Waals surface area contributed by atoms with Crippen molar-refractivity contribution in [3.63, 3.8) is 0 Å². The number of benzene rings is 2. The predicted molar refractivity (Wildman–Crippen MR) is 218 cm³/mol. The van der Waals surface area contributed by atoms with Crippen molar-refractivity contribution in [3.05, 3.63) is 94.8 Å². The minimum absolute atomic E-state index is 0. The number of nitrogens with one attached hydrogen (secondary N) is 4. The summed E-state index contributed by atoms with van der Waals surface area (Å²) in [6, 6.07) is 15.5. The molecule has 282 valence electrons. The number of nitrogens with two attached hydrogens (primary N) is 2. The van der Waals surface area contributed by atoms with E-state index in [0.29, 0.717) is 43.1 Å². The van der Waals surface area contributed by atoms with Gasteiger partial charge in [0, 0.05) is 69.2 Å². The number of primary amides is 2. The lowest BCUT2D eigenvalue weighted by molar-refractivity contribution is 0.0993. The van der Waals surface area contributed by atoms with Crippen LogP contribution in [0.1, 0.15) is 53.8 Å². The Labute approximate surface area is 324 Å². The summed E-state index contributed by atoms with van der Waals surface area (Å²) >= 11 is 8.81. The van der Waals surface area contributed by atoms with E-state index in [2.05, 4.69) is 37.3 Å². The summed E-state index contributed by atoms with van der Waals surface area (Å²) in [5.74, 6) is -0.905. The molecule has 2 atom stereocenters. The number of thiophene rings is 2. The van der Waals surface area contributed by atoms with Crippen LogP contribution in [0.4, 0.5) is 20.4 Å². The number of hydrogen-bond acceptors (Lipinski definition) is 10. The van der Waals surface area contributed by atoms with Crippen LogP contribution in [0.25, 0.3) is 41.1 Å². The lowest BCUT2D eigenvalue weighted by Gasteiger charge is -2.24. The third-order valence-corrected chi connectivity index (χ3v) is 11.9. The highest BCUT2D eigenvalue weighted by atomic mass is 35.5. The molecule has 4 aromatic heterocycles. The van der Waals surface area contributed by atoms with Crippen molar-refractivity contribution in [2.24, 2.45) is 11.5 Å². The van der Waals surface area contributed by atoms with E-state index in [9.17, 15) is 18.4 Å². The number of hydrogen-bond donors (Lipinski definition) is 6. The fourth-order valence-electron chi connectivity index (χ4n) is 6.56. The van der Waals surface area contributed by atoms with Crippen molar-refractivity contribution in [1.82, 2.24) is 20.6 Å². The Balaban J connectivity index is 0.000000181. The molecule has 0 saturated carbocycles. The predicted octanol–water partition coefficient (Wildman–Crippen LogP) is 8.02. The zero-order valence-electron chi connectivity index (χ0n) is 28.5. The molecular weight excluding hydrogens is 750 g/mol. The molecule has 2 fully saturated rings. The molecule has 2 aromatic carbocycles. The number of halogens is 3. The van der Waals surface area contributed by atoms with Gasteiger partial charge < -0.3 is 32.7 Å². The summed E-state index contributed by atoms with van der Waals surface area (Å²) < 4.78 is 28.8. The third kappa shape index (κ3) is 8.79. The van der Waals surface area contributed by atoms with Gasteiger partial charge in [0.25, 0.3) is 11.8 Å². The molecule has 8 N–H and O–H groups in total. The van der Waals surface area contributed by atoms with E-state index in [1.165, 1.54) is 29.7 Å². The van der Waals surface area contributed by atoms with E-state index in [0.717, 1.165) is 89.7 Å². The van der Waals surface area contributed by atoms with Gasteiger partial charge in [0.15, 0.2) is 0 Å². The summed E-state index contributed by atoms with van der Waals surface area (Å²) in [7, 11) is 0. The zero-order chi connectivity index (χ0) is 37.1. The highest BCUT2D eigenvalue weighted by Crippen LogP contribution is 2.40. The number of amides is 2. The number of aromatic nitrogens is 2. The van der Waals surface area contributed by atoms with Crippen LogP contribution in [-0.2, 0) is 0 Å². The van der Waals surface area contributed by atoms with Gasteiger partial charge in [-0.1, -0.05) is 31.2 Å². The normalized spacial score (nSPS) is 16.9. The van der Waals surface area contributed by atoms with Gasteiger partial charge in [-0.3, -0.25) is 9.59 Å². The van der Waals surface area contributed by atoms with Gasteiger partial charge in [0.2, 0.25) is 0 Å². The molecule has 10 nitrogen and oxygen atoms in total. The highest BCUT2D eigenvalue weighted by molar-refractivity contribution is 7.23. The highest BCUT2D eigenvalue weighted by Gasteiger charge is 2.21. The molecule has 2 aliphatic rings. The first kappa shape index (κ1) is 39.0. The fraction of sp³-hybridized carbons (Fsp3) is 0.282. The van der Waals surface area contributed by atoms with E-state index >= 15 is 0 Å². The molecule has 2 saturated heterocycles. The first-order chi connectivity index (χ1) is 25.6. The van der Waals surface area contributed by atoms with Crippen molar-refractivity contribution < 1.29 is 18.4 Å². The molecule has 2 aliphatic heterocycles. The number of rotatable bonds is 8. The zero-order valence-corrected chi connectivity index (χ0v) is 30.9. The fourth-order valence-corrected chi connectivity index (χ4v) is 9.03. The second-order valence-electron chi connectivity index (χ2n) is 13.0. The molecule has 0 bridgehead atoms. The number of carbonyl (C=O) groups excluding carboxylic acids is 2. The molecule has 6 aromatic rings. The molecule has 2 amide bonds. The quantitative estimate of drug-likeness (QED) is 0.0905. The van der Waals surface area contributed by atoms with Crippen LogP contribution in [0.3, 0.4) is 0 Å². The third-order valence-electron chi connectivity index (χ3n) is 9.19. The molecule has 0 spiro atoms. The van der Waals surface area contributed by atoms with Gasteiger partial charge >= 0.3 is 0 Å². The second kappa shape index (κ2) is 17.2. The van der Waals surface area contributed by atoms with Crippen molar-refractivity contribution in [2.75, 3.05) is 36.8 Å². The molecule has 0 aliphatic carbocycles. The van der Waals surface area contributed by atoms with Crippen molar-refractivity contribution in [1.29, 1.82) is 0 Å². The Bertz CT molecular complexity index is 2270. The minimum Gasteiger partial charge on any atom is -0.366 e. The Morgan fingerprint density at radius 3 is 1.61 bits per heavy atom. The summed E-state index contributed by atoms with van der Waals surface area (Å²) in [5, 5.41) is 16.0. The van der Waals surface area contributed by atoms with Crippen LogP contribution in [-0.4, -0.2) is 60.0 Å².